The van der Waals surface area contributed by atoms with Crippen LogP contribution in [-0.2, 0) is 52.2 Å². The summed E-state index contributed by atoms with van der Waals surface area (Å²) in [6.07, 6.45) is 5.66. The molecule has 6 aliphatic heterocycles. The van der Waals surface area contributed by atoms with Crippen molar-refractivity contribution in [2.24, 2.45) is 23.7 Å². The van der Waals surface area contributed by atoms with Gasteiger partial charge < -0.3 is 67.8 Å². The summed E-state index contributed by atoms with van der Waals surface area (Å²) >= 11 is 0. The molecule has 2 aliphatic carbocycles. The van der Waals surface area contributed by atoms with Crippen LogP contribution in [0.4, 0.5) is 0 Å². The average Bonchev–Trinajstić information content (AvgIpc) is 3.56. The minimum absolute atomic E-state index is 0.0165. The van der Waals surface area contributed by atoms with Crippen LogP contribution in [0.1, 0.15) is 99.3 Å². The first kappa shape index (κ1) is 47.4. The Morgan fingerprint density at radius 1 is 0.841 bits per heavy atom. The van der Waals surface area contributed by atoms with Crippen molar-refractivity contribution >= 4 is 5.97 Å². The molecule has 354 valence electrons. The third-order valence-corrected chi connectivity index (χ3v) is 15.4. The molecule has 0 aromatic carbocycles. The molecule has 15 nitrogen and oxygen atoms in total. The number of hydrogen-bond donors (Lipinski definition) is 4. The van der Waals surface area contributed by atoms with Gasteiger partial charge in [-0.25, -0.2) is 0 Å². The lowest BCUT2D eigenvalue weighted by atomic mass is 9.71. The maximum atomic E-state index is 14.4. The van der Waals surface area contributed by atoms with E-state index in [1.165, 1.54) is 0 Å². The first-order chi connectivity index (χ1) is 30.0. The Hall–Kier alpha value is -2.09. The number of rotatable bonds is 7. The first-order valence-corrected chi connectivity index (χ1v) is 23.4. The van der Waals surface area contributed by atoms with Crippen molar-refractivity contribution in [1.82, 2.24) is 0 Å². The monoisotopic (exact) mass is 888 g/mol. The van der Waals surface area contributed by atoms with E-state index in [0.717, 1.165) is 24.8 Å². The van der Waals surface area contributed by atoms with Gasteiger partial charge >= 0.3 is 5.97 Å². The average molecular weight is 889 g/mol. The fourth-order valence-corrected chi connectivity index (χ4v) is 11.4. The van der Waals surface area contributed by atoms with Crippen molar-refractivity contribution in [2.75, 3.05) is 20.8 Å². The topological polar surface area (TPSA) is 190 Å². The molecule has 5 saturated heterocycles. The van der Waals surface area contributed by atoms with Gasteiger partial charge in [-0.3, -0.25) is 4.79 Å². The van der Waals surface area contributed by atoms with E-state index < -0.39 is 109 Å². The van der Waals surface area contributed by atoms with Crippen molar-refractivity contribution in [3.05, 3.63) is 47.1 Å². The second kappa shape index (κ2) is 19.3. The third-order valence-electron chi connectivity index (χ3n) is 15.4. The summed E-state index contributed by atoms with van der Waals surface area (Å²) in [5.74, 6) is -2.89. The van der Waals surface area contributed by atoms with Gasteiger partial charge in [-0.2, -0.15) is 0 Å². The highest BCUT2D eigenvalue weighted by Gasteiger charge is 2.60. The largest absolute Gasteiger partial charge is 0.462 e. The van der Waals surface area contributed by atoms with Gasteiger partial charge in [0, 0.05) is 58.2 Å². The molecule has 4 N–H and O–H groups in total. The molecule has 0 radical (unpaired) electrons. The van der Waals surface area contributed by atoms with E-state index in [1.807, 2.05) is 32.9 Å². The molecule has 0 aromatic rings. The Morgan fingerprint density at radius 3 is 2.27 bits per heavy atom. The number of methoxy groups -OCH3 is 2. The van der Waals surface area contributed by atoms with Gasteiger partial charge in [-0.15, -0.1) is 0 Å². The normalized spacial score (nSPS) is 50.0. The Kier molecular flexibility index (Phi) is 14.5. The van der Waals surface area contributed by atoms with Gasteiger partial charge in [0.1, 0.15) is 42.0 Å². The van der Waals surface area contributed by atoms with Crippen molar-refractivity contribution in [1.29, 1.82) is 0 Å². The van der Waals surface area contributed by atoms with E-state index in [-0.39, 0.29) is 37.4 Å². The van der Waals surface area contributed by atoms with Crippen LogP contribution in [-0.4, -0.2) is 151 Å². The van der Waals surface area contributed by atoms with E-state index in [0.29, 0.717) is 42.7 Å². The number of aliphatic hydroxyl groups excluding tert-OH is 3. The van der Waals surface area contributed by atoms with Crippen LogP contribution in [0.2, 0.25) is 0 Å². The molecule has 15 heteroatoms. The lowest BCUT2D eigenvalue weighted by Gasteiger charge is -2.53. The molecule has 63 heavy (non-hydrogen) atoms. The number of esters is 1. The quantitative estimate of drug-likeness (QED) is 0.209. The fourth-order valence-electron chi connectivity index (χ4n) is 11.4. The molecule has 8 rings (SSSR count). The summed E-state index contributed by atoms with van der Waals surface area (Å²) in [6, 6.07) is 0. The molecular formula is C48H72O15. The summed E-state index contributed by atoms with van der Waals surface area (Å²) in [5.41, 5.74) is 0.0530. The zero-order chi connectivity index (χ0) is 45.0. The lowest BCUT2D eigenvalue weighted by molar-refractivity contribution is -0.357. The maximum Gasteiger partial charge on any atom is 0.316 e. The maximum absolute atomic E-state index is 14.4. The number of ether oxygens (including phenoxy) is 10. The van der Waals surface area contributed by atoms with Gasteiger partial charge in [-0.05, 0) is 69.6 Å². The summed E-state index contributed by atoms with van der Waals surface area (Å²) in [7, 11) is 3.21. The Bertz CT molecular complexity index is 1740. The van der Waals surface area contributed by atoms with Crippen LogP contribution < -0.4 is 0 Å². The number of allylic oxidation sites excluding steroid dienone is 2. The number of fused-ring (bicyclic) bond motifs is 2. The predicted molar refractivity (Wildman–Crippen MR) is 227 cm³/mol. The van der Waals surface area contributed by atoms with Crippen molar-refractivity contribution in [3.63, 3.8) is 0 Å². The summed E-state index contributed by atoms with van der Waals surface area (Å²) < 4.78 is 63.7. The number of aliphatic hydroxyl groups is 4. The zero-order valence-electron chi connectivity index (χ0n) is 38.2. The van der Waals surface area contributed by atoms with E-state index in [1.54, 1.807) is 40.2 Å². The Labute approximate surface area is 372 Å². The summed E-state index contributed by atoms with van der Waals surface area (Å²) in [5, 5.41) is 45.8. The highest BCUT2D eigenvalue weighted by atomic mass is 16.7. The summed E-state index contributed by atoms with van der Waals surface area (Å²) in [6.45, 7) is 11.6. The molecule has 6 heterocycles. The molecule has 1 spiro atoms. The van der Waals surface area contributed by atoms with Gasteiger partial charge in [0.05, 0.1) is 55.4 Å². The Balaban J connectivity index is 1.08. The minimum Gasteiger partial charge on any atom is -0.462 e. The molecule has 8 aliphatic rings. The predicted octanol–water partition coefficient (Wildman–Crippen LogP) is 4.33. The van der Waals surface area contributed by atoms with E-state index in [4.69, 9.17) is 47.4 Å². The molecule has 20 atom stereocenters. The zero-order valence-corrected chi connectivity index (χ0v) is 38.2. The molecule has 0 amide bonds. The van der Waals surface area contributed by atoms with Crippen molar-refractivity contribution < 1.29 is 72.6 Å². The highest BCUT2D eigenvalue weighted by molar-refractivity contribution is 5.78. The lowest BCUT2D eigenvalue weighted by Crippen LogP contribution is -2.60. The van der Waals surface area contributed by atoms with Crippen LogP contribution in [0.15, 0.2) is 47.1 Å². The van der Waals surface area contributed by atoms with Crippen molar-refractivity contribution in [2.45, 2.75) is 203 Å². The van der Waals surface area contributed by atoms with Gasteiger partial charge in [0.15, 0.2) is 18.4 Å². The van der Waals surface area contributed by atoms with Gasteiger partial charge in [-0.1, -0.05) is 50.6 Å². The molecule has 6 fully saturated rings. The SMILES string of the molecule is CO[C@H]1C[C@H](O[C@H]2[C@H](C)O[C@@H](O[C@@H]3/C(C)=C\C[C@@H]4C[C@@H](C[C@]5(CC(O)[C@H](C)C(C6CCC6)O5)O4)OC(=O)[C@@H]4C=C(C)[C@@H](O)[C@H]5OCC(=C/C=C\[C@@H]3C)[C@]54O)C[C@@H]2OC)O[C@@H](C)[C@@H]1O. The molecule has 2 bridgehead atoms. The third kappa shape index (κ3) is 9.44. The van der Waals surface area contributed by atoms with Crippen LogP contribution in [0.3, 0.4) is 0 Å². The second-order valence-corrected chi connectivity index (χ2v) is 19.8. The van der Waals surface area contributed by atoms with E-state index in [9.17, 15) is 25.2 Å². The molecule has 2 unspecified atom stereocenters. The Morgan fingerprint density at radius 2 is 1.56 bits per heavy atom. The first-order valence-electron chi connectivity index (χ1n) is 23.4. The highest BCUT2D eigenvalue weighted by Crippen LogP contribution is 2.49. The van der Waals surface area contributed by atoms with Crippen molar-refractivity contribution in [3.8, 4) is 0 Å². The minimum atomic E-state index is -1.86. The number of carbonyl (C=O) groups excluding carboxylic acids is 1. The number of hydrogen-bond acceptors (Lipinski definition) is 15. The van der Waals surface area contributed by atoms with Gasteiger partial charge in [0.25, 0.3) is 0 Å². The molecular weight excluding hydrogens is 817 g/mol. The smallest absolute Gasteiger partial charge is 0.316 e. The van der Waals surface area contributed by atoms with Gasteiger partial charge in [0.2, 0.25) is 0 Å². The summed E-state index contributed by atoms with van der Waals surface area (Å²) in [4.78, 5) is 14.4. The standard InChI is InChI=1S/C48H72O15/c1-24-11-9-14-31-23-56-45-40(50)26(3)17-34(48(31,45)53)46(52)59-33-18-32(62-47(21-33)22-35(49)27(4)43(63-47)30-12-10-13-30)16-15-25(2)42(24)60-39-20-37(55-8)44(29(6)58-39)61-38-19-36(54-7)41(51)28(5)57-38/h9,11,14-15,17,24,27-30,32-45,49-51,53H,10,12-13,16,18-23H2,1-8H3/b11-9-,25-15-,31-14?/t24-,27-,28-,29-,32+,33-,34-,35?,36-,37-,38-,39-,40+,41-,42-,43?,44-,45+,47-,48+/m0/s1. The van der Waals surface area contributed by atoms with Crippen LogP contribution in [0.5, 0.6) is 0 Å². The number of carbonyl (C=O) groups is 1. The molecule has 1 saturated carbocycles. The van der Waals surface area contributed by atoms with E-state index in [2.05, 4.69) is 13.0 Å². The second-order valence-electron chi connectivity index (χ2n) is 19.8. The fraction of sp³-hybridized carbons (Fsp3) is 0.812. The molecule has 0 aromatic heterocycles. The van der Waals surface area contributed by atoms with E-state index >= 15 is 0 Å². The van der Waals surface area contributed by atoms with Crippen LogP contribution >= 0.6 is 0 Å². The van der Waals surface area contributed by atoms with Crippen LogP contribution in [0.25, 0.3) is 0 Å². The van der Waals surface area contributed by atoms with Crippen LogP contribution in [0, 0.1) is 23.7 Å².